The second kappa shape index (κ2) is 7.12. The van der Waals surface area contributed by atoms with Crippen LogP contribution in [0, 0.1) is 11.8 Å². The minimum atomic E-state index is 0.163. The van der Waals surface area contributed by atoms with E-state index in [0.29, 0.717) is 26.2 Å². The molecule has 1 saturated heterocycles. The minimum Gasteiger partial charge on any atom is -0.339 e. The zero-order valence-electron chi connectivity index (χ0n) is 13.2. The number of carbonyl (C=O) groups excluding carboxylic acids is 2. The van der Waals surface area contributed by atoms with E-state index in [0.717, 1.165) is 38.5 Å². The van der Waals surface area contributed by atoms with E-state index in [1.807, 2.05) is 9.80 Å². The standard InChI is InChI=1S/C18H26N2O2/c21-17(15-7-3-1-4-8-15)19-11-13-20(14-12-19)18(22)16-9-5-2-6-10-16/h1-3,5,15-16H,4,6-14H2/t15-,16-/m0/s1. The molecule has 0 aromatic carbocycles. The fourth-order valence-electron chi connectivity index (χ4n) is 3.70. The highest BCUT2D eigenvalue weighted by atomic mass is 16.2. The van der Waals surface area contributed by atoms with Crippen molar-refractivity contribution in [1.82, 2.24) is 9.80 Å². The fourth-order valence-corrected chi connectivity index (χ4v) is 3.70. The summed E-state index contributed by atoms with van der Waals surface area (Å²) in [6.07, 6.45) is 14.3. The largest absolute Gasteiger partial charge is 0.339 e. The van der Waals surface area contributed by atoms with E-state index in [1.165, 1.54) is 0 Å². The molecule has 3 aliphatic rings. The van der Waals surface area contributed by atoms with Crippen molar-refractivity contribution < 1.29 is 9.59 Å². The van der Waals surface area contributed by atoms with E-state index < -0.39 is 0 Å². The van der Waals surface area contributed by atoms with Gasteiger partial charge < -0.3 is 9.80 Å². The Morgan fingerprint density at radius 1 is 0.682 bits per heavy atom. The maximum atomic E-state index is 12.5. The van der Waals surface area contributed by atoms with Crippen LogP contribution in [0.3, 0.4) is 0 Å². The van der Waals surface area contributed by atoms with Crippen LogP contribution in [0.1, 0.15) is 38.5 Å². The van der Waals surface area contributed by atoms with Crippen LogP contribution in [0.25, 0.3) is 0 Å². The van der Waals surface area contributed by atoms with E-state index in [2.05, 4.69) is 24.3 Å². The van der Waals surface area contributed by atoms with Gasteiger partial charge in [-0.15, -0.1) is 0 Å². The molecule has 3 rings (SSSR count). The molecule has 0 aromatic rings. The summed E-state index contributed by atoms with van der Waals surface area (Å²) in [5.41, 5.74) is 0. The first-order chi connectivity index (χ1) is 10.8. The third-order valence-electron chi connectivity index (χ3n) is 5.14. The van der Waals surface area contributed by atoms with Gasteiger partial charge in [-0.1, -0.05) is 24.3 Å². The maximum Gasteiger partial charge on any atom is 0.226 e. The van der Waals surface area contributed by atoms with Crippen molar-refractivity contribution >= 4 is 11.8 Å². The average molecular weight is 302 g/mol. The Labute approximate surface area is 132 Å². The molecule has 1 heterocycles. The highest BCUT2D eigenvalue weighted by molar-refractivity contribution is 5.81. The van der Waals surface area contributed by atoms with Crippen molar-refractivity contribution in [3.63, 3.8) is 0 Å². The molecule has 2 aliphatic carbocycles. The van der Waals surface area contributed by atoms with Crippen LogP contribution in [0.2, 0.25) is 0 Å². The first-order valence-corrected chi connectivity index (χ1v) is 8.63. The molecule has 4 heteroatoms. The van der Waals surface area contributed by atoms with Gasteiger partial charge in [0, 0.05) is 38.0 Å². The van der Waals surface area contributed by atoms with E-state index in [-0.39, 0.29) is 23.7 Å². The summed E-state index contributed by atoms with van der Waals surface area (Å²) < 4.78 is 0. The molecule has 0 spiro atoms. The molecule has 0 bridgehead atoms. The summed E-state index contributed by atoms with van der Waals surface area (Å²) in [7, 11) is 0. The van der Waals surface area contributed by atoms with Crippen molar-refractivity contribution in [1.29, 1.82) is 0 Å². The van der Waals surface area contributed by atoms with Gasteiger partial charge in [-0.25, -0.2) is 0 Å². The van der Waals surface area contributed by atoms with Crippen LogP contribution in [-0.2, 0) is 9.59 Å². The molecule has 120 valence electrons. The van der Waals surface area contributed by atoms with Gasteiger partial charge in [0.1, 0.15) is 0 Å². The number of allylic oxidation sites excluding steroid dienone is 4. The first-order valence-electron chi connectivity index (χ1n) is 8.63. The van der Waals surface area contributed by atoms with Crippen LogP contribution in [-0.4, -0.2) is 47.8 Å². The zero-order chi connectivity index (χ0) is 15.4. The van der Waals surface area contributed by atoms with Crippen molar-refractivity contribution in [3.8, 4) is 0 Å². The lowest BCUT2D eigenvalue weighted by atomic mass is 9.92. The van der Waals surface area contributed by atoms with Crippen LogP contribution in [0.4, 0.5) is 0 Å². The number of hydrogen-bond acceptors (Lipinski definition) is 2. The SMILES string of the molecule is O=C([C@H]1CC=CCC1)N1CCN(C(=O)[C@H]2CC=CCC2)CC1. The molecule has 0 unspecified atom stereocenters. The molecule has 2 atom stereocenters. The van der Waals surface area contributed by atoms with E-state index in [1.54, 1.807) is 0 Å². The summed E-state index contributed by atoms with van der Waals surface area (Å²) in [5, 5.41) is 0. The third-order valence-corrected chi connectivity index (χ3v) is 5.14. The number of carbonyl (C=O) groups is 2. The zero-order valence-corrected chi connectivity index (χ0v) is 13.2. The van der Waals surface area contributed by atoms with Crippen molar-refractivity contribution in [2.75, 3.05) is 26.2 Å². The predicted octanol–water partition coefficient (Wildman–Crippen LogP) is 2.37. The van der Waals surface area contributed by atoms with E-state index >= 15 is 0 Å². The maximum absolute atomic E-state index is 12.5. The highest BCUT2D eigenvalue weighted by Gasteiger charge is 2.31. The lowest BCUT2D eigenvalue weighted by molar-refractivity contribution is -0.144. The van der Waals surface area contributed by atoms with Gasteiger partial charge in [-0.3, -0.25) is 9.59 Å². The van der Waals surface area contributed by atoms with Gasteiger partial charge in [0.2, 0.25) is 11.8 Å². The van der Waals surface area contributed by atoms with Crippen LogP contribution in [0.15, 0.2) is 24.3 Å². The molecule has 0 N–H and O–H groups in total. The normalized spacial score (nSPS) is 28.7. The molecule has 0 aromatic heterocycles. The van der Waals surface area contributed by atoms with Crippen molar-refractivity contribution in [2.24, 2.45) is 11.8 Å². The predicted molar refractivity (Wildman–Crippen MR) is 86.1 cm³/mol. The summed E-state index contributed by atoms with van der Waals surface area (Å²) in [4.78, 5) is 29.0. The van der Waals surface area contributed by atoms with Crippen LogP contribution in [0.5, 0.6) is 0 Å². The molecule has 2 amide bonds. The summed E-state index contributed by atoms with van der Waals surface area (Å²) >= 11 is 0. The topological polar surface area (TPSA) is 40.6 Å². The molecule has 0 radical (unpaired) electrons. The second-order valence-corrected chi connectivity index (χ2v) is 6.61. The quantitative estimate of drug-likeness (QED) is 0.735. The van der Waals surface area contributed by atoms with Crippen molar-refractivity contribution in [3.05, 3.63) is 24.3 Å². The molecule has 1 fully saturated rings. The molecule has 0 saturated carbocycles. The van der Waals surface area contributed by atoms with Gasteiger partial charge in [0.05, 0.1) is 0 Å². The van der Waals surface area contributed by atoms with Crippen molar-refractivity contribution in [2.45, 2.75) is 38.5 Å². The molecule has 1 aliphatic heterocycles. The summed E-state index contributed by atoms with van der Waals surface area (Å²) in [6, 6.07) is 0. The average Bonchev–Trinajstić information content (AvgIpc) is 2.62. The monoisotopic (exact) mass is 302 g/mol. The Hall–Kier alpha value is -1.58. The molecule has 22 heavy (non-hydrogen) atoms. The number of rotatable bonds is 2. The Morgan fingerprint density at radius 3 is 1.41 bits per heavy atom. The van der Waals surface area contributed by atoms with Gasteiger partial charge in [0.25, 0.3) is 0 Å². The van der Waals surface area contributed by atoms with E-state index in [9.17, 15) is 9.59 Å². The smallest absolute Gasteiger partial charge is 0.226 e. The van der Waals surface area contributed by atoms with Crippen LogP contribution < -0.4 is 0 Å². The van der Waals surface area contributed by atoms with Gasteiger partial charge >= 0.3 is 0 Å². The fraction of sp³-hybridized carbons (Fsp3) is 0.667. The molecule has 4 nitrogen and oxygen atoms in total. The molecular weight excluding hydrogens is 276 g/mol. The lowest BCUT2D eigenvalue weighted by Gasteiger charge is -2.38. The number of amides is 2. The van der Waals surface area contributed by atoms with Gasteiger partial charge in [-0.05, 0) is 38.5 Å². The Morgan fingerprint density at radius 2 is 1.09 bits per heavy atom. The highest BCUT2D eigenvalue weighted by Crippen LogP contribution is 2.23. The van der Waals surface area contributed by atoms with Gasteiger partial charge in [0.15, 0.2) is 0 Å². The Bertz CT molecular complexity index is 431. The van der Waals surface area contributed by atoms with Crippen LogP contribution >= 0.6 is 0 Å². The third kappa shape index (κ3) is 3.42. The van der Waals surface area contributed by atoms with E-state index in [4.69, 9.17) is 0 Å². The van der Waals surface area contributed by atoms with Gasteiger partial charge in [-0.2, -0.15) is 0 Å². The summed E-state index contributed by atoms with van der Waals surface area (Å²) in [6.45, 7) is 2.81. The Balaban J connectivity index is 1.49. The first kappa shape index (κ1) is 15.3. The number of piperazine rings is 1. The lowest BCUT2D eigenvalue weighted by Crippen LogP contribution is -2.53. The molecular formula is C18H26N2O2. The summed E-state index contributed by atoms with van der Waals surface area (Å²) in [5.74, 6) is 0.903. The minimum absolute atomic E-state index is 0.163. The Kier molecular flexibility index (Phi) is 4.96. The second-order valence-electron chi connectivity index (χ2n) is 6.61. The number of hydrogen-bond donors (Lipinski definition) is 0. The number of nitrogens with zero attached hydrogens (tertiary/aromatic N) is 2.